The molecule has 86 valence electrons. The lowest BCUT2D eigenvalue weighted by molar-refractivity contribution is -0.0448. The molecule has 0 aromatic heterocycles. The van der Waals surface area contributed by atoms with Crippen molar-refractivity contribution in [2.75, 3.05) is 6.54 Å². The standard InChI is InChI=1S/C6H13F3N2O2S/c1-4(2)5(10)3-11-14(12,13)6(7,8)9/h4-5,11H,3,10H2,1-2H3/t5-/m1/s1. The van der Waals surface area contributed by atoms with Crippen LogP contribution in [0.1, 0.15) is 13.8 Å². The van der Waals surface area contributed by atoms with Gasteiger partial charge in [-0.3, -0.25) is 0 Å². The van der Waals surface area contributed by atoms with Gasteiger partial charge in [0.25, 0.3) is 0 Å². The number of sulfonamides is 1. The number of alkyl halides is 3. The second kappa shape index (κ2) is 4.45. The monoisotopic (exact) mass is 234 g/mol. The minimum atomic E-state index is -5.27. The van der Waals surface area contributed by atoms with Crippen molar-refractivity contribution in [3.05, 3.63) is 0 Å². The number of rotatable bonds is 4. The first kappa shape index (κ1) is 13.7. The molecule has 0 spiro atoms. The Bertz CT molecular complexity index is 273. The van der Waals surface area contributed by atoms with Gasteiger partial charge in [0.2, 0.25) is 0 Å². The van der Waals surface area contributed by atoms with Crippen molar-refractivity contribution in [2.45, 2.75) is 25.4 Å². The van der Waals surface area contributed by atoms with E-state index >= 15 is 0 Å². The topological polar surface area (TPSA) is 72.2 Å². The molecule has 0 amide bonds. The lowest BCUT2D eigenvalue weighted by Crippen LogP contribution is -2.44. The van der Waals surface area contributed by atoms with Gasteiger partial charge in [-0.05, 0) is 5.92 Å². The average Bonchev–Trinajstić information content (AvgIpc) is 1.97. The molecule has 0 aliphatic carbocycles. The predicted octanol–water partition coefficient (Wildman–Crippen LogP) is 0.409. The van der Waals surface area contributed by atoms with Crippen LogP contribution in [0.15, 0.2) is 0 Å². The van der Waals surface area contributed by atoms with Crippen molar-refractivity contribution in [2.24, 2.45) is 11.7 Å². The molecule has 0 aliphatic heterocycles. The summed E-state index contributed by atoms with van der Waals surface area (Å²) < 4.78 is 57.8. The zero-order valence-corrected chi connectivity index (χ0v) is 8.61. The van der Waals surface area contributed by atoms with Crippen molar-refractivity contribution in [1.82, 2.24) is 4.72 Å². The number of hydrogen-bond donors (Lipinski definition) is 2. The molecule has 0 heterocycles. The van der Waals surface area contributed by atoms with Crippen molar-refractivity contribution in [1.29, 1.82) is 0 Å². The predicted molar refractivity (Wildman–Crippen MR) is 45.8 cm³/mol. The van der Waals surface area contributed by atoms with Gasteiger partial charge < -0.3 is 5.73 Å². The SMILES string of the molecule is CC(C)[C@H](N)CNS(=O)(=O)C(F)(F)F. The van der Waals surface area contributed by atoms with Gasteiger partial charge >= 0.3 is 15.5 Å². The van der Waals surface area contributed by atoms with Crippen LogP contribution in [0.25, 0.3) is 0 Å². The van der Waals surface area contributed by atoms with Crippen LogP contribution < -0.4 is 10.5 Å². The highest BCUT2D eigenvalue weighted by atomic mass is 32.2. The highest BCUT2D eigenvalue weighted by Crippen LogP contribution is 2.21. The fourth-order valence-corrected chi connectivity index (χ4v) is 1.10. The Hall–Kier alpha value is -0.340. The van der Waals surface area contributed by atoms with E-state index in [0.29, 0.717) is 0 Å². The smallest absolute Gasteiger partial charge is 0.326 e. The van der Waals surface area contributed by atoms with E-state index in [0.717, 1.165) is 0 Å². The van der Waals surface area contributed by atoms with E-state index in [1.54, 1.807) is 13.8 Å². The molecule has 0 fully saturated rings. The number of hydrogen-bond acceptors (Lipinski definition) is 3. The van der Waals surface area contributed by atoms with Crippen LogP contribution >= 0.6 is 0 Å². The maximum Gasteiger partial charge on any atom is 0.511 e. The van der Waals surface area contributed by atoms with Crippen LogP contribution in [-0.2, 0) is 10.0 Å². The van der Waals surface area contributed by atoms with E-state index < -0.39 is 28.1 Å². The van der Waals surface area contributed by atoms with Crippen LogP contribution in [0.5, 0.6) is 0 Å². The van der Waals surface area contributed by atoms with E-state index in [9.17, 15) is 21.6 Å². The molecule has 0 bridgehead atoms. The van der Waals surface area contributed by atoms with E-state index in [4.69, 9.17) is 5.73 Å². The van der Waals surface area contributed by atoms with Gasteiger partial charge in [0.05, 0.1) is 0 Å². The summed E-state index contributed by atoms with van der Waals surface area (Å²) in [5, 5.41) is 0. The first-order valence-electron chi connectivity index (χ1n) is 3.89. The summed E-state index contributed by atoms with van der Waals surface area (Å²) >= 11 is 0. The van der Waals surface area contributed by atoms with Gasteiger partial charge in [-0.25, -0.2) is 13.1 Å². The summed E-state index contributed by atoms with van der Waals surface area (Å²) in [6.45, 7) is 2.96. The Morgan fingerprint density at radius 1 is 1.36 bits per heavy atom. The van der Waals surface area contributed by atoms with Crippen LogP contribution in [0.2, 0.25) is 0 Å². The molecule has 3 N–H and O–H groups in total. The summed E-state index contributed by atoms with van der Waals surface area (Å²) in [6, 6.07) is -0.632. The number of halogens is 3. The molecule has 0 saturated carbocycles. The fraction of sp³-hybridized carbons (Fsp3) is 1.00. The van der Waals surface area contributed by atoms with Gasteiger partial charge in [0.15, 0.2) is 0 Å². The van der Waals surface area contributed by atoms with Crippen molar-refractivity contribution < 1.29 is 21.6 Å². The fourth-order valence-electron chi connectivity index (χ4n) is 0.523. The van der Waals surface area contributed by atoms with Crippen molar-refractivity contribution in [3.8, 4) is 0 Å². The third kappa shape index (κ3) is 3.81. The van der Waals surface area contributed by atoms with Crippen LogP contribution in [-0.4, -0.2) is 26.5 Å². The van der Waals surface area contributed by atoms with E-state index in [-0.39, 0.29) is 5.92 Å². The molecule has 0 aromatic carbocycles. The van der Waals surface area contributed by atoms with Crippen LogP contribution in [0, 0.1) is 5.92 Å². The normalized spacial score (nSPS) is 15.9. The molecule has 0 aliphatic rings. The molecular weight excluding hydrogens is 221 g/mol. The molecule has 14 heavy (non-hydrogen) atoms. The first-order chi connectivity index (χ1) is 6.08. The minimum Gasteiger partial charge on any atom is -0.326 e. The molecule has 0 unspecified atom stereocenters. The molecular formula is C6H13F3N2O2S. The molecule has 0 saturated heterocycles. The largest absolute Gasteiger partial charge is 0.511 e. The van der Waals surface area contributed by atoms with Crippen molar-refractivity contribution in [3.63, 3.8) is 0 Å². The quantitative estimate of drug-likeness (QED) is 0.740. The lowest BCUT2D eigenvalue weighted by Gasteiger charge is -2.16. The van der Waals surface area contributed by atoms with Gasteiger partial charge in [-0.15, -0.1) is 0 Å². The summed E-state index contributed by atoms with van der Waals surface area (Å²) in [5.41, 5.74) is 0.0985. The van der Waals surface area contributed by atoms with Gasteiger partial charge in [0.1, 0.15) is 0 Å². The van der Waals surface area contributed by atoms with E-state index in [1.165, 1.54) is 4.72 Å². The lowest BCUT2D eigenvalue weighted by atomic mass is 10.1. The second-order valence-electron chi connectivity index (χ2n) is 3.21. The molecule has 1 atom stereocenters. The van der Waals surface area contributed by atoms with Crippen LogP contribution in [0.3, 0.4) is 0 Å². The minimum absolute atomic E-state index is 0.0917. The zero-order chi connectivity index (χ0) is 11.6. The van der Waals surface area contributed by atoms with E-state index in [1.807, 2.05) is 0 Å². The van der Waals surface area contributed by atoms with Crippen LogP contribution in [0.4, 0.5) is 13.2 Å². The maximum atomic E-state index is 11.8. The summed E-state index contributed by atoms with van der Waals surface area (Å²) in [7, 11) is -5.26. The number of nitrogens with one attached hydrogen (secondary N) is 1. The summed E-state index contributed by atoms with van der Waals surface area (Å²) in [5.74, 6) is -0.0917. The average molecular weight is 234 g/mol. The summed E-state index contributed by atoms with van der Waals surface area (Å²) in [6.07, 6.45) is 0. The molecule has 0 radical (unpaired) electrons. The summed E-state index contributed by atoms with van der Waals surface area (Å²) in [4.78, 5) is 0. The van der Waals surface area contributed by atoms with Crippen molar-refractivity contribution >= 4 is 10.0 Å². The third-order valence-electron chi connectivity index (χ3n) is 1.67. The Balaban J connectivity index is 4.29. The highest BCUT2D eigenvalue weighted by Gasteiger charge is 2.45. The molecule has 0 rings (SSSR count). The van der Waals surface area contributed by atoms with Gasteiger partial charge in [-0.1, -0.05) is 13.8 Å². The van der Waals surface area contributed by atoms with Gasteiger partial charge in [-0.2, -0.15) is 13.2 Å². The molecule has 4 nitrogen and oxygen atoms in total. The number of nitrogens with two attached hydrogens (primary N) is 1. The highest BCUT2D eigenvalue weighted by molar-refractivity contribution is 7.90. The molecule has 0 aromatic rings. The Morgan fingerprint density at radius 3 is 2.07 bits per heavy atom. The van der Waals surface area contributed by atoms with E-state index in [2.05, 4.69) is 0 Å². The second-order valence-corrected chi connectivity index (χ2v) is 4.96. The van der Waals surface area contributed by atoms with Gasteiger partial charge in [0, 0.05) is 12.6 Å². The third-order valence-corrected chi connectivity index (χ3v) is 2.83. The Labute approximate surface area is 80.7 Å². The zero-order valence-electron chi connectivity index (χ0n) is 7.80. The Morgan fingerprint density at radius 2 is 1.79 bits per heavy atom. The molecule has 8 heteroatoms. The first-order valence-corrected chi connectivity index (χ1v) is 5.37. The maximum absolute atomic E-state index is 11.8. The Kier molecular flexibility index (Phi) is 4.34.